The fourth-order valence-corrected chi connectivity index (χ4v) is 5.04. The molecule has 3 amide bonds. The molecule has 2 aliphatic rings. The van der Waals surface area contributed by atoms with Crippen molar-refractivity contribution in [3.8, 4) is 0 Å². The number of ether oxygens (including phenoxy) is 1. The minimum absolute atomic E-state index is 0.0957. The summed E-state index contributed by atoms with van der Waals surface area (Å²) in [4.78, 5) is 50.4. The van der Waals surface area contributed by atoms with E-state index in [1.54, 1.807) is 18.2 Å². The number of hydrogen-bond acceptors (Lipinski definition) is 5. The molecular weight excluding hydrogens is 576 g/mol. The van der Waals surface area contributed by atoms with E-state index in [0.29, 0.717) is 18.5 Å². The van der Waals surface area contributed by atoms with Crippen molar-refractivity contribution in [2.45, 2.75) is 29.4 Å². The number of imide groups is 1. The maximum absolute atomic E-state index is 12.6. The predicted octanol–water partition coefficient (Wildman–Crippen LogP) is 3.16. The Hall–Kier alpha value is -1.26. The number of anilines is 1. The highest BCUT2D eigenvalue weighted by molar-refractivity contribution is 9.12. The molecule has 0 aromatic heterocycles. The highest BCUT2D eigenvalue weighted by atomic mass is 79.9. The number of nitrogens with zero attached hydrogens (tertiary/aromatic N) is 1. The minimum Gasteiger partial charge on any atom is -0.454 e. The van der Waals surface area contributed by atoms with Crippen LogP contribution in [-0.4, -0.2) is 51.4 Å². The summed E-state index contributed by atoms with van der Waals surface area (Å²) in [5.74, 6) is -2.84. The van der Waals surface area contributed by atoms with E-state index in [-0.39, 0.29) is 21.5 Å². The van der Waals surface area contributed by atoms with Gasteiger partial charge in [0.25, 0.3) is 5.91 Å². The largest absolute Gasteiger partial charge is 0.454 e. The first-order chi connectivity index (χ1) is 13.7. The lowest BCUT2D eigenvalue weighted by molar-refractivity contribution is -0.154. The van der Waals surface area contributed by atoms with Crippen molar-refractivity contribution in [2.24, 2.45) is 11.8 Å². The highest BCUT2D eigenvalue weighted by Crippen LogP contribution is 2.43. The van der Waals surface area contributed by atoms with Crippen molar-refractivity contribution in [3.05, 3.63) is 28.2 Å². The number of hydrogen-bond donors (Lipinski definition) is 1. The number of likely N-dealkylation sites (tertiary alicyclic amines) is 1. The van der Waals surface area contributed by atoms with E-state index >= 15 is 0 Å². The second-order valence-electron chi connectivity index (χ2n) is 7.15. The molecule has 10 heteroatoms. The second kappa shape index (κ2) is 9.26. The van der Waals surface area contributed by atoms with Crippen LogP contribution in [0.5, 0.6) is 0 Å². The SMILES string of the molecule is Cc1cc(NC(=O)COC(=O)CN2C(=O)[C@@H]3C[C@@H](Br)[C@@H](Br)C[C@H]3C2=O)ccc1Br. The number of alkyl halides is 2. The molecule has 1 aromatic rings. The number of fused-ring (bicyclic) bond motifs is 1. The summed E-state index contributed by atoms with van der Waals surface area (Å²) >= 11 is 10.4. The predicted molar refractivity (Wildman–Crippen MR) is 117 cm³/mol. The number of aryl methyl sites for hydroxylation is 1. The van der Waals surface area contributed by atoms with E-state index in [2.05, 4.69) is 53.1 Å². The third-order valence-electron chi connectivity index (χ3n) is 5.10. The van der Waals surface area contributed by atoms with Gasteiger partial charge in [0.05, 0.1) is 11.8 Å². The Balaban J connectivity index is 1.51. The summed E-state index contributed by atoms with van der Waals surface area (Å²) in [6, 6.07) is 5.30. The average Bonchev–Trinajstić information content (AvgIpc) is 2.88. The van der Waals surface area contributed by atoms with Crippen LogP contribution in [0.25, 0.3) is 0 Å². The lowest BCUT2D eigenvalue weighted by Crippen LogP contribution is -2.37. The van der Waals surface area contributed by atoms with E-state index in [9.17, 15) is 19.2 Å². The Kier molecular flexibility index (Phi) is 7.16. The number of carbonyl (C=O) groups excluding carboxylic acids is 4. The number of carbonyl (C=O) groups is 4. The van der Waals surface area contributed by atoms with E-state index in [1.165, 1.54) is 0 Å². The summed E-state index contributed by atoms with van der Waals surface area (Å²) in [6.45, 7) is 0.913. The van der Waals surface area contributed by atoms with Gasteiger partial charge in [-0.1, -0.05) is 47.8 Å². The lowest BCUT2D eigenvalue weighted by Gasteiger charge is -2.29. The van der Waals surface area contributed by atoms with E-state index in [0.717, 1.165) is 14.9 Å². The topological polar surface area (TPSA) is 92.8 Å². The zero-order chi connectivity index (χ0) is 21.3. The van der Waals surface area contributed by atoms with Crippen LogP contribution in [0.4, 0.5) is 5.69 Å². The zero-order valence-electron chi connectivity index (χ0n) is 15.5. The van der Waals surface area contributed by atoms with Crippen molar-refractivity contribution in [1.29, 1.82) is 0 Å². The molecule has 156 valence electrons. The van der Waals surface area contributed by atoms with Crippen LogP contribution in [0.1, 0.15) is 18.4 Å². The lowest BCUT2D eigenvalue weighted by atomic mass is 9.81. The minimum atomic E-state index is -0.793. The molecule has 0 radical (unpaired) electrons. The van der Waals surface area contributed by atoms with Crippen LogP contribution in [0, 0.1) is 18.8 Å². The van der Waals surface area contributed by atoms with Crippen molar-refractivity contribution < 1.29 is 23.9 Å². The first kappa shape index (κ1) is 22.4. The maximum atomic E-state index is 12.6. The Bertz CT molecular complexity index is 834. The van der Waals surface area contributed by atoms with Gasteiger partial charge in [0.1, 0.15) is 6.54 Å². The number of esters is 1. The molecule has 1 saturated carbocycles. The van der Waals surface area contributed by atoms with Crippen molar-refractivity contribution >= 4 is 77.2 Å². The first-order valence-corrected chi connectivity index (χ1v) is 11.6. The third kappa shape index (κ3) is 5.08. The van der Waals surface area contributed by atoms with Crippen LogP contribution < -0.4 is 5.32 Å². The monoisotopic (exact) mass is 592 g/mol. The number of nitrogens with one attached hydrogen (secondary N) is 1. The van der Waals surface area contributed by atoms with Gasteiger partial charge in [0, 0.05) is 19.8 Å². The summed E-state index contributed by atoms with van der Waals surface area (Å²) in [6.07, 6.45) is 1.07. The highest BCUT2D eigenvalue weighted by Gasteiger charge is 2.52. The zero-order valence-corrected chi connectivity index (χ0v) is 20.3. The summed E-state index contributed by atoms with van der Waals surface area (Å²) in [5.41, 5.74) is 1.53. The van der Waals surface area contributed by atoms with Crippen LogP contribution >= 0.6 is 47.8 Å². The Morgan fingerprint density at radius 2 is 1.72 bits per heavy atom. The van der Waals surface area contributed by atoms with Crippen LogP contribution in [0.15, 0.2) is 22.7 Å². The molecule has 1 saturated heterocycles. The molecule has 3 rings (SSSR count). The Morgan fingerprint density at radius 3 is 2.28 bits per heavy atom. The van der Waals surface area contributed by atoms with Gasteiger partial charge in [0.2, 0.25) is 11.8 Å². The van der Waals surface area contributed by atoms with Gasteiger partial charge in [-0.15, -0.1) is 0 Å². The van der Waals surface area contributed by atoms with Gasteiger partial charge >= 0.3 is 5.97 Å². The Morgan fingerprint density at radius 1 is 1.14 bits per heavy atom. The molecule has 1 N–H and O–H groups in total. The number of halogens is 3. The quantitative estimate of drug-likeness (QED) is 0.321. The summed E-state index contributed by atoms with van der Waals surface area (Å²) in [5, 5.41) is 2.63. The maximum Gasteiger partial charge on any atom is 0.326 e. The molecule has 2 fully saturated rings. The van der Waals surface area contributed by atoms with Gasteiger partial charge < -0.3 is 10.1 Å². The van der Waals surface area contributed by atoms with Crippen LogP contribution in [0.3, 0.4) is 0 Å². The fraction of sp³-hybridized carbons (Fsp3) is 0.474. The number of amides is 3. The van der Waals surface area contributed by atoms with Crippen molar-refractivity contribution in [2.75, 3.05) is 18.5 Å². The molecule has 1 aromatic carbocycles. The van der Waals surface area contributed by atoms with E-state index < -0.39 is 36.9 Å². The number of rotatable bonds is 5. The van der Waals surface area contributed by atoms with Gasteiger partial charge in [-0.25, -0.2) is 0 Å². The standard InChI is InChI=1S/C19H19Br3N2O5/c1-9-4-10(2-3-13(9)20)23-16(25)8-29-17(26)7-24-18(27)11-5-14(21)15(22)6-12(11)19(24)28/h2-4,11-12,14-15H,5-8H2,1H3,(H,23,25)/t11-,12-,14-,15+/m1/s1. The fourth-order valence-electron chi connectivity index (χ4n) is 3.56. The molecular formula is C19H19Br3N2O5. The van der Waals surface area contributed by atoms with Gasteiger partial charge in [-0.05, 0) is 43.5 Å². The first-order valence-electron chi connectivity index (χ1n) is 9.02. The third-order valence-corrected chi connectivity index (χ3v) is 8.72. The van der Waals surface area contributed by atoms with E-state index in [4.69, 9.17) is 4.74 Å². The average molecular weight is 595 g/mol. The molecule has 0 unspecified atom stereocenters. The molecule has 1 heterocycles. The molecule has 0 bridgehead atoms. The van der Waals surface area contributed by atoms with Crippen LogP contribution in [-0.2, 0) is 23.9 Å². The molecule has 29 heavy (non-hydrogen) atoms. The van der Waals surface area contributed by atoms with E-state index in [1.807, 2.05) is 6.92 Å². The van der Waals surface area contributed by atoms with Crippen molar-refractivity contribution in [3.63, 3.8) is 0 Å². The van der Waals surface area contributed by atoms with Crippen LogP contribution in [0.2, 0.25) is 0 Å². The molecule has 7 nitrogen and oxygen atoms in total. The normalized spacial score (nSPS) is 26.3. The summed E-state index contributed by atoms with van der Waals surface area (Å²) < 4.78 is 5.88. The van der Waals surface area contributed by atoms with Crippen molar-refractivity contribution in [1.82, 2.24) is 4.90 Å². The second-order valence-corrected chi connectivity index (χ2v) is 10.4. The van der Waals surface area contributed by atoms with Gasteiger partial charge in [-0.3, -0.25) is 24.1 Å². The molecule has 1 aliphatic heterocycles. The smallest absolute Gasteiger partial charge is 0.326 e. The Labute approximate surface area is 193 Å². The van der Waals surface area contributed by atoms with Gasteiger partial charge in [0.15, 0.2) is 6.61 Å². The molecule has 4 atom stereocenters. The summed E-state index contributed by atoms with van der Waals surface area (Å²) in [7, 11) is 0. The number of benzene rings is 1. The molecule has 1 aliphatic carbocycles. The van der Waals surface area contributed by atoms with Gasteiger partial charge in [-0.2, -0.15) is 0 Å². The molecule has 0 spiro atoms.